The molecule has 0 radical (unpaired) electrons. The highest BCUT2D eigenvalue weighted by Gasteiger charge is 2.31. The second-order valence-electron chi connectivity index (χ2n) is 3.27. The van der Waals surface area contributed by atoms with Crippen LogP contribution in [0.15, 0.2) is 24.3 Å². The average molecular weight is 222 g/mol. The maximum atomic E-state index is 13.2. The Bertz CT molecular complexity index is 332. The number of alkyl halides is 4. The quantitative estimate of drug-likeness (QED) is 0.762. The van der Waals surface area contributed by atoms with Crippen molar-refractivity contribution in [2.75, 3.05) is 0 Å². The Labute approximate surface area is 84.3 Å². The van der Waals surface area contributed by atoms with Gasteiger partial charge in [-0.1, -0.05) is 12.1 Å². The SMILES string of the molecule is CC(O)C(F)c1cccc(C(F)(F)F)c1. The molecule has 1 aromatic rings. The van der Waals surface area contributed by atoms with Gasteiger partial charge < -0.3 is 5.11 Å². The molecule has 0 aliphatic rings. The maximum absolute atomic E-state index is 13.2. The van der Waals surface area contributed by atoms with Crippen LogP contribution in [0.3, 0.4) is 0 Å². The Hall–Kier alpha value is -1.10. The first-order valence-electron chi connectivity index (χ1n) is 4.31. The van der Waals surface area contributed by atoms with Crippen molar-refractivity contribution < 1.29 is 22.7 Å². The molecule has 0 heterocycles. The summed E-state index contributed by atoms with van der Waals surface area (Å²) in [5.41, 5.74) is -1.08. The van der Waals surface area contributed by atoms with Gasteiger partial charge in [0.25, 0.3) is 0 Å². The third-order valence-electron chi connectivity index (χ3n) is 1.96. The van der Waals surface area contributed by atoms with Crippen molar-refractivity contribution in [1.29, 1.82) is 0 Å². The summed E-state index contributed by atoms with van der Waals surface area (Å²) >= 11 is 0. The topological polar surface area (TPSA) is 20.2 Å². The zero-order chi connectivity index (χ0) is 11.6. The minimum atomic E-state index is -4.49. The summed E-state index contributed by atoms with van der Waals surface area (Å²) in [5, 5.41) is 8.91. The number of hydrogen-bond donors (Lipinski definition) is 1. The number of rotatable bonds is 2. The van der Waals surface area contributed by atoms with Gasteiger partial charge in [0.15, 0.2) is 6.17 Å². The first-order valence-corrected chi connectivity index (χ1v) is 4.31. The van der Waals surface area contributed by atoms with E-state index in [9.17, 15) is 17.6 Å². The molecular formula is C10H10F4O. The van der Waals surface area contributed by atoms with Crippen molar-refractivity contribution in [2.24, 2.45) is 0 Å². The van der Waals surface area contributed by atoms with E-state index in [0.717, 1.165) is 12.1 Å². The van der Waals surface area contributed by atoms with Gasteiger partial charge in [0.05, 0.1) is 11.7 Å². The van der Waals surface area contributed by atoms with Gasteiger partial charge in [0.1, 0.15) is 0 Å². The number of benzene rings is 1. The van der Waals surface area contributed by atoms with E-state index in [0.29, 0.717) is 6.07 Å². The van der Waals surface area contributed by atoms with Crippen LogP contribution in [0, 0.1) is 0 Å². The molecule has 0 aliphatic carbocycles. The van der Waals surface area contributed by atoms with Gasteiger partial charge in [-0.05, 0) is 24.6 Å². The fourth-order valence-electron chi connectivity index (χ4n) is 1.17. The maximum Gasteiger partial charge on any atom is 0.416 e. The molecule has 0 saturated heterocycles. The van der Waals surface area contributed by atoms with E-state index in [2.05, 4.69) is 0 Å². The van der Waals surface area contributed by atoms with Crippen LogP contribution < -0.4 is 0 Å². The standard InChI is InChI=1S/C10H10F4O/c1-6(15)9(11)7-3-2-4-8(5-7)10(12,13)14/h2-6,9,15H,1H3. The summed E-state index contributed by atoms with van der Waals surface area (Å²) in [5.74, 6) is 0. The van der Waals surface area contributed by atoms with E-state index >= 15 is 0 Å². The molecule has 84 valence electrons. The molecule has 0 spiro atoms. The molecule has 1 rings (SSSR count). The van der Waals surface area contributed by atoms with Gasteiger partial charge in [-0.25, -0.2) is 4.39 Å². The van der Waals surface area contributed by atoms with E-state index in [1.54, 1.807) is 0 Å². The summed E-state index contributed by atoms with van der Waals surface area (Å²) in [4.78, 5) is 0. The summed E-state index contributed by atoms with van der Waals surface area (Å²) in [7, 11) is 0. The van der Waals surface area contributed by atoms with Crippen LogP contribution in [0.5, 0.6) is 0 Å². The fourth-order valence-corrected chi connectivity index (χ4v) is 1.17. The first-order chi connectivity index (χ1) is 6.82. The van der Waals surface area contributed by atoms with E-state index in [1.807, 2.05) is 0 Å². The number of halogens is 4. The molecule has 0 aliphatic heterocycles. The number of hydrogen-bond acceptors (Lipinski definition) is 1. The van der Waals surface area contributed by atoms with Crippen molar-refractivity contribution >= 4 is 0 Å². The van der Waals surface area contributed by atoms with Gasteiger partial charge in [0.2, 0.25) is 0 Å². The smallest absolute Gasteiger partial charge is 0.390 e. The lowest BCUT2D eigenvalue weighted by molar-refractivity contribution is -0.137. The molecule has 2 unspecified atom stereocenters. The number of aliphatic hydroxyl groups is 1. The zero-order valence-electron chi connectivity index (χ0n) is 7.92. The van der Waals surface area contributed by atoms with E-state index in [-0.39, 0.29) is 5.56 Å². The third-order valence-corrected chi connectivity index (χ3v) is 1.96. The molecule has 0 fully saturated rings. The van der Waals surface area contributed by atoms with Crippen molar-refractivity contribution in [1.82, 2.24) is 0 Å². The summed E-state index contributed by atoms with van der Waals surface area (Å²) in [6, 6.07) is 3.90. The van der Waals surface area contributed by atoms with Crippen molar-refractivity contribution in [3.8, 4) is 0 Å². The Morgan fingerprint density at radius 2 is 1.87 bits per heavy atom. The average Bonchev–Trinajstić information content (AvgIpc) is 2.15. The van der Waals surface area contributed by atoms with E-state index in [4.69, 9.17) is 5.11 Å². The molecule has 5 heteroatoms. The minimum absolute atomic E-state index is 0.167. The molecule has 1 nitrogen and oxygen atoms in total. The highest BCUT2D eigenvalue weighted by molar-refractivity contribution is 5.27. The van der Waals surface area contributed by atoms with Crippen LogP contribution in [0.2, 0.25) is 0 Å². The third kappa shape index (κ3) is 2.92. The second-order valence-corrected chi connectivity index (χ2v) is 3.27. The lowest BCUT2D eigenvalue weighted by Crippen LogP contribution is -2.11. The predicted molar refractivity (Wildman–Crippen MR) is 47.0 cm³/mol. The van der Waals surface area contributed by atoms with Crippen LogP contribution in [-0.2, 0) is 6.18 Å². The Morgan fingerprint density at radius 3 is 2.33 bits per heavy atom. The monoisotopic (exact) mass is 222 g/mol. The van der Waals surface area contributed by atoms with Crippen LogP contribution in [-0.4, -0.2) is 11.2 Å². The largest absolute Gasteiger partial charge is 0.416 e. The van der Waals surface area contributed by atoms with Gasteiger partial charge in [-0.3, -0.25) is 0 Å². The minimum Gasteiger partial charge on any atom is -0.390 e. The molecule has 1 aromatic carbocycles. The molecule has 0 aromatic heterocycles. The first kappa shape index (κ1) is 12.0. The Balaban J connectivity index is 3.03. The van der Waals surface area contributed by atoms with Gasteiger partial charge in [-0.15, -0.1) is 0 Å². The van der Waals surface area contributed by atoms with Gasteiger partial charge in [0, 0.05) is 0 Å². The highest BCUT2D eigenvalue weighted by atomic mass is 19.4. The van der Waals surface area contributed by atoms with Crippen molar-refractivity contribution in [3.63, 3.8) is 0 Å². The normalized spacial score (nSPS) is 16.1. The molecule has 0 bridgehead atoms. The van der Waals surface area contributed by atoms with Crippen LogP contribution >= 0.6 is 0 Å². The van der Waals surface area contributed by atoms with Crippen LogP contribution in [0.25, 0.3) is 0 Å². The van der Waals surface area contributed by atoms with Gasteiger partial charge in [-0.2, -0.15) is 13.2 Å². The van der Waals surface area contributed by atoms with E-state index in [1.165, 1.54) is 13.0 Å². The Kier molecular flexibility index (Phi) is 3.34. The molecule has 0 amide bonds. The predicted octanol–water partition coefficient (Wildman–Crippen LogP) is 3.10. The highest BCUT2D eigenvalue weighted by Crippen LogP contribution is 2.32. The van der Waals surface area contributed by atoms with E-state index < -0.39 is 24.0 Å². The molecule has 15 heavy (non-hydrogen) atoms. The Morgan fingerprint density at radius 1 is 1.27 bits per heavy atom. The molecular weight excluding hydrogens is 212 g/mol. The van der Waals surface area contributed by atoms with Gasteiger partial charge >= 0.3 is 6.18 Å². The van der Waals surface area contributed by atoms with Crippen LogP contribution in [0.1, 0.15) is 24.2 Å². The fraction of sp³-hybridized carbons (Fsp3) is 0.400. The van der Waals surface area contributed by atoms with Crippen molar-refractivity contribution in [3.05, 3.63) is 35.4 Å². The lowest BCUT2D eigenvalue weighted by Gasteiger charge is -2.13. The second kappa shape index (κ2) is 4.18. The summed E-state index contributed by atoms with van der Waals surface area (Å²) < 4.78 is 50.0. The summed E-state index contributed by atoms with van der Waals surface area (Å²) in [6.07, 6.45) is -7.62. The molecule has 0 saturated carbocycles. The molecule has 1 N–H and O–H groups in total. The lowest BCUT2D eigenvalue weighted by atomic mass is 10.0. The van der Waals surface area contributed by atoms with Crippen LogP contribution in [0.4, 0.5) is 17.6 Å². The number of aliphatic hydroxyl groups excluding tert-OH is 1. The van der Waals surface area contributed by atoms with Crippen molar-refractivity contribution in [2.45, 2.75) is 25.4 Å². The summed E-state index contributed by atoms with van der Waals surface area (Å²) in [6.45, 7) is 1.19. The molecule has 2 atom stereocenters. The zero-order valence-corrected chi connectivity index (χ0v) is 7.92.